The van der Waals surface area contributed by atoms with E-state index in [1.54, 1.807) is 6.33 Å². The molecule has 0 fully saturated rings. The first kappa shape index (κ1) is 14.7. The molecule has 2 aromatic rings. The van der Waals surface area contributed by atoms with E-state index in [-0.39, 0.29) is 28.5 Å². The molecule has 0 atom stereocenters. The molecule has 2 rings (SSSR count). The van der Waals surface area contributed by atoms with Crippen LogP contribution in [0.3, 0.4) is 0 Å². The number of aromatic nitrogens is 4. The molecular weight excluding hydrogens is 301 g/mol. The van der Waals surface area contributed by atoms with E-state index in [0.29, 0.717) is 5.82 Å². The summed E-state index contributed by atoms with van der Waals surface area (Å²) in [6.45, 7) is 4.25. The van der Waals surface area contributed by atoms with Gasteiger partial charge in [-0.15, -0.1) is 10.2 Å². The van der Waals surface area contributed by atoms with E-state index in [9.17, 15) is 4.79 Å². The van der Waals surface area contributed by atoms with Crippen LogP contribution in [0.1, 0.15) is 36.2 Å². The van der Waals surface area contributed by atoms with Crippen molar-refractivity contribution in [2.45, 2.75) is 26.4 Å². The van der Waals surface area contributed by atoms with Gasteiger partial charge in [-0.1, -0.05) is 23.2 Å². The highest BCUT2D eigenvalue weighted by Crippen LogP contribution is 2.16. The molecule has 0 aliphatic carbocycles. The second kappa shape index (κ2) is 6.19. The minimum Gasteiger partial charge on any atom is -0.343 e. The van der Waals surface area contributed by atoms with Crippen LogP contribution in [0.2, 0.25) is 10.2 Å². The molecule has 6 nitrogen and oxygen atoms in total. The predicted octanol–water partition coefficient (Wildman–Crippen LogP) is 2.49. The molecule has 0 spiro atoms. The lowest BCUT2D eigenvalue weighted by molar-refractivity contribution is 0.0944. The molecule has 0 unspecified atom stereocenters. The van der Waals surface area contributed by atoms with Crippen LogP contribution >= 0.6 is 23.2 Å². The van der Waals surface area contributed by atoms with Crippen molar-refractivity contribution < 1.29 is 4.79 Å². The molecule has 20 heavy (non-hydrogen) atoms. The van der Waals surface area contributed by atoms with Crippen molar-refractivity contribution in [1.29, 1.82) is 0 Å². The number of pyridine rings is 1. The summed E-state index contributed by atoms with van der Waals surface area (Å²) in [6, 6.07) is 3.27. The summed E-state index contributed by atoms with van der Waals surface area (Å²) in [6.07, 6.45) is 1.62. The largest absolute Gasteiger partial charge is 0.343 e. The first-order valence-electron chi connectivity index (χ1n) is 5.97. The lowest BCUT2D eigenvalue weighted by Gasteiger charge is -2.10. The third-order valence-electron chi connectivity index (χ3n) is 2.64. The molecule has 2 heterocycles. The fourth-order valence-corrected chi connectivity index (χ4v) is 1.98. The van der Waals surface area contributed by atoms with Crippen LogP contribution in [0.15, 0.2) is 18.5 Å². The number of amides is 1. The standard InChI is InChI=1S/C12H13Cl2N5O/c1-7(2)19-6-16-18-10(19)5-15-12(20)11-8(13)3-4-9(14)17-11/h3-4,6-7H,5H2,1-2H3,(H,15,20). The first-order valence-corrected chi connectivity index (χ1v) is 6.73. The number of nitrogens with one attached hydrogen (secondary N) is 1. The molecular formula is C12H13Cl2N5O. The minimum absolute atomic E-state index is 0.0924. The summed E-state index contributed by atoms with van der Waals surface area (Å²) in [5.41, 5.74) is 0.0924. The van der Waals surface area contributed by atoms with Crippen molar-refractivity contribution in [1.82, 2.24) is 25.1 Å². The van der Waals surface area contributed by atoms with E-state index in [1.165, 1.54) is 12.1 Å². The smallest absolute Gasteiger partial charge is 0.271 e. The molecule has 0 saturated carbocycles. The Morgan fingerprint density at radius 1 is 1.40 bits per heavy atom. The Kier molecular flexibility index (Phi) is 4.57. The number of nitrogens with zero attached hydrogens (tertiary/aromatic N) is 4. The van der Waals surface area contributed by atoms with Crippen LogP contribution in [0.25, 0.3) is 0 Å². The van der Waals surface area contributed by atoms with Crippen molar-refractivity contribution in [3.63, 3.8) is 0 Å². The van der Waals surface area contributed by atoms with Gasteiger partial charge in [0, 0.05) is 6.04 Å². The molecule has 0 aliphatic rings. The van der Waals surface area contributed by atoms with Gasteiger partial charge in [-0.25, -0.2) is 4.98 Å². The maximum Gasteiger partial charge on any atom is 0.271 e. The van der Waals surface area contributed by atoms with Gasteiger partial charge in [0.25, 0.3) is 5.91 Å². The van der Waals surface area contributed by atoms with Crippen molar-refractivity contribution in [3.8, 4) is 0 Å². The van der Waals surface area contributed by atoms with E-state index < -0.39 is 5.91 Å². The van der Waals surface area contributed by atoms with E-state index in [4.69, 9.17) is 23.2 Å². The SMILES string of the molecule is CC(C)n1cnnc1CNC(=O)c1nc(Cl)ccc1Cl. The molecule has 2 aromatic heterocycles. The van der Waals surface area contributed by atoms with Crippen LogP contribution < -0.4 is 5.32 Å². The Labute approximate surface area is 126 Å². The number of carbonyl (C=O) groups excluding carboxylic acids is 1. The maximum atomic E-state index is 12.0. The van der Waals surface area contributed by atoms with Gasteiger partial charge >= 0.3 is 0 Å². The van der Waals surface area contributed by atoms with Gasteiger partial charge in [0.2, 0.25) is 0 Å². The third kappa shape index (κ3) is 3.26. The number of hydrogen-bond donors (Lipinski definition) is 1. The van der Waals surface area contributed by atoms with E-state index in [0.717, 1.165) is 0 Å². The zero-order chi connectivity index (χ0) is 14.7. The zero-order valence-electron chi connectivity index (χ0n) is 11.0. The van der Waals surface area contributed by atoms with Crippen LogP contribution in [-0.2, 0) is 6.54 Å². The molecule has 1 amide bonds. The predicted molar refractivity (Wildman–Crippen MR) is 75.8 cm³/mol. The molecule has 8 heteroatoms. The van der Waals surface area contributed by atoms with Gasteiger partial charge in [-0.2, -0.15) is 0 Å². The number of rotatable bonds is 4. The fourth-order valence-electron chi connectivity index (χ4n) is 1.65. The number of halogens is 2. The average molecular weight is 314 g/mol. The van der Waals surface area contributed by atoms with Gasteiger partial charge in [-0.3, -0.25) is 4.79 Å². The van der Waals surface area contributed by atoms with Crippen LogP contribution in [0.4, 0.5) is 0 Å². The third-order valence-corrected chi connectivity index (χ3v) is 3.15. The first-order chi connectivity index (χ1) is 9.49. The zero-order valence-corrected chi connectivity index (χ0v) is 12.5. The summed E-state index contributed by atoms with van der Waals surface area (Å²) >= 11 is 11.7. The topological polar surface area (TPSA) is 72.7 Å². The monoisotopic (exact) mass is 313 g/mol. The van der Waals surface area contributed by atoms with Gasteiger partial charge in [-0.05, 0) is 26.0 Å². The summed E-state index contributed by atoms with van der Waals surface area (Å²) in [7, 11) is 0. The highest BCUT2D eigenvalue weighted by molar-refractivity contribution is 6.34. The average Bonchev–Trinajstić information content (AvgIpc) is 2.87. The van der Waals surface area contributed by atoms with Crippen LogP contribution in [-0.4, -0.2) is 25.7 Å². The van der Waals surface area contributed by atoms with Gasteiger partial charge in [0.15, 0.2) is 5.82 Å². The minimum atomic E-state index is -0.407. The Hall–Kier alpha value is -1.66. The maximum absolute atomic E-state index is 12.0. The second-order valence-corrected chi connectivity index (χ2v) is 5.19. The number of carbonyl (C=O) groups is 1. The van der Waals surface area contributed by atoms with Crippen molar-refractivity contribution >= 4 is 29.1 Å². The van der Waals surface area contributed by atoms with Crippen molar-refractivity contribution in [3.05, 3.63) is 40.2 Å². The summed E-state index contributed by atoms with van der Waals surface area (Å²) in [5.74, 6) is 0.252. The Bertz CT molecular complexity index is 626. The molecule has 0 bridgehead atoms. The lowest BCUT2D eigenvalue weighted by Crippen LogP contribution is -2.26. The Balaban J connectivity index is 2.09. The van der Waals surface area contributed by atoms with Crippen molar-refractivity contribution in [2.24, 2.45) is 0 Å². The fraction of sp³-hybridized carbons (Fsp3) is 0.333. The van der Waals surface area contributed by atoms with Crippen molar-refractivity contribution in [2.75, 3.05) is 0 Å². The quantitative estimate of drug-likeness (QED) is 0.880. The highest BCUT2D eigenvalue weighted by Gasteiger charge is 2.14. The molecule has 0 saturated heterocycles. The van der Waals surface area contributed by atoms with Gasteiger partial charge in [0.05, 0.1) is 11.6 Å². The molecule has 0 aromatic carbocycles. The second-order valence-electron chi connectivity index (χ2n) is 4.40. The van der Waals surface area contributed by atoms with Gasteiger partial charge in [0.1, 0.15) is 17.2 Å². The molecule has 1 N–H and O–H groups in total. The Morgan fingerprint density at radius 2 is 2.15 bits per heavy atom. The summed E-state index contributed by atoms with van der Waals surface area (Å²) < 4.78 is 1.87. The number of hydrogen-bond acceptors (Lipinski definition) is 4. The van der Waals surface area contributed by atoms with Crippen LogP contribution in [0.5, 0.6) is 0 Å². The normalized spacial score (nSPS) is 10.8. The van der Waals surface area contributed by atoms with Gasteiger partial charge < -0.3 is 9.88 Å². The lowest BCUT2D eigenvalue weighted by atomic mass is 10.3. The summed E-state index contributed by atoms with van der Waals surface area (Å²) in [5, 5.41) is 10.9. The highest BCUT2D eigenvalue weighted by atomic mass is 35.5. The molecule has 0 aliphatic heterocycles. The summed E-state index contributed by atoms with van der Waals surface area (Å²) in [4.78, 5) is 15.9. The van der Waals surface area contributed by atoms with E-state index in [1.807, 2.05) is 18.4 Å². The van der Waals surface area contributed by atoms with E-state index in [2.05, 4.69) is 20.5 Å². The molecule has 0 radical (unpaired) electrons. The van der Waals surface area contributed by atoms with Crippen LogP contribution in [0, 0.1) is 0 Å². The molecule has 106 valence electrons. The van der Waals surface area contributed by atoms with E-state index >= 15 is 0 Å². The Morgan fingerprint density at radius 3 is 2.85 bits per heavy atom.